The lowest BCUT2D eigenvalue weighted by Crippen LogP contribution is -2.23. The molecule has 0 saturated heterocycles. The Hall–Kier alpha value is -2.36. The summed E-state index contributed by atoms with van der Waals surface area (Å²) in [5, 5.41) is 2.71. The highest BCUT2D eigenvalue weighted by Gasteiger charge is 2.07. The quantitative estimate of drug-likeness (QED) is 0.928. The molecule has 0 aliphatic heterocycles. The zero-order valence-electron chi connectivity index (χ0n) is 11.6. The maximum Gasteiger partial charge on any atom is 0.251 e. The first kappa shape index (κ1) is 14.1. The highest BCUT2D eigenvalue weighted by Crippen LogP contribution is 2.12. The molecular formula is C16H17FN2O. The van der Waals surface area contributed by atoms with Crippen molar-refractivity contribution in [3.63, 3.8) is 0 Å². The van der Waals surface area contributed by atoms with E-state index in [1.165, 1.54) is 6.07 Å². The van der Waals surface area contributed by atoms with E-state index in [-0.39, 0.29) is 18.3 Å². The van der Waals surface area contributed by atoms with E-state index in [0.717, 1.165) is 5.69 Å². The number of carbonyl (C=O) groups excluding carboxylic acids is 1. The molecule has 0 heterocycles. The minimum atomic E-state index is -0.309. The molecule has 0 fully saturated rings. The molecule has 0 atom stereocenters. The van der Waals surface area contributed by atoms with Crippen molar-refractivity contribution in [2.75, 3.05) is 19.0 Å². The van der Waals surface area contributed by atoms with Crippen LogP contribution in [0, 0.1) is 5.82 Å². The molecule has 2 rings (SSSR count). The molecule has 4 heteroatoms. The first-order chi connectivity index (χ1) is 9.58. The SMILES string of the molecule is CN(C)c1ccc(C(=O)NCc2ccccc2F)cc1. The summed E-state index contributed by atoms with van der Waals surface area (Å²) >= 11 is 0. The van der Waals surface area contributed by atoms with Crippen LogP contribution in [0.4, 0.5) is 10.1 Å². The van der Waals surface area contributed by atoms with Crippen LogP contribution in [0.15, 0.2) is 48.5 Å². The van der Waals surface area contributed by atoms with Gasteiger partial charge in [0.15, 0.2) is 0 Å². The number of nitrogens with one attached hydrogen (secondary N) is 1. The van der Waals surface area contributed by atoms with Crippen LogP contribution in [-0.4, -0.2) is 20.0 Å². The van der Waals surface area contributed by atoms with Gasteiger partial charge in [0.25, 0.3) is 5.91 Å². The fourth-order valence-corrected chi connectivity index (χ4v) is 1.83. The van der Waals surface area contributed by atoms with Crippen molar-refractivity contribution in [3.05, 3.63) is 65.5 Å². The second-order valence-corrected chi connectivity index (χ2v) is 4.72. The smallest absolute Gasteiger partial charge is 0.251 e. The van der Waals surface area contributed by atoms with Crippen molar-refractivity contribution in [3.8, 4) is 0 Å². The van der Waals surface area contributed by atoms with E-state index >= 15 is 0 Å². The number of halogens is 1. The molecule has 1 amide bonds. The third kappa shape index (κ3) is 3.35. The molecule has 0 aromatic heterocycles. The van der Waals surface area contributed by atoms with Crippen LogP contribution in [0.25, 0.3) is 0 Å². The van der Waals surface area contributed by atoms with Crippen LogP contribution in [0.3, 0.4) is 0 Å². The minimum absolute atomic E-state index is 0.181. The van der Waals surface area contributed by atoms with E-state index in [2.05, 4.69) is 5.32 Å². The van der Waals surface area contributed by atoms with Gasteiger partial charge >= 0.3 is 0 Å². The Bertz CT molecular complexity index is 594. The number of hydrogen-bond donors (Lipinski definition) is 1. The van der Waals surface area contributed by atoms with Crippen molar-refractivity contribution >= 4 is 11.6 Å². The van der Waals surface area contributed by atoms with Gasteiger partial charge in [0.2, 0.25) is 0 Å². The number of amides is 1. The average molecular weight is 272 g/mol. The summed E-state index contributed by atoms with van der Waals surface area (Å²) in [5.41, 5.74) is 2.06. The van der Waals surface area contributed by atoms with Crippen LogP contribution in [-0.2, 0) is 6.54 Å². The Morgan fingerprint density at radius 3 is 2.35 bits per heavy atom. The number of nitrogens with zero attached hydrogens (tertiary/aromatic N) is 1. The molecule has 0 bridgehead atoms. The molecule has 20 heavy (non-hydrogen) atoms. The standard InChI is InChI=1S/C16H17FN2O/c1-19(2)14-9-7-12(8-10-14)16(20)18-11-13-5-3-4-6-15(13)17/h3-10H,11H2,1-2H3,(H,18,20). The van der Waals surface area contributed by atoms with Crippen LogP contribution < -0.4 is 10.2 Å². The van der Waals surface area contributed by atoms with Gasteiger partial charge in [-0.05, 0) is 30.3 Å². The first-order valence-corrected chi connectivity index (χ1v) is 6.37. The average Bonchev–Trinajstić information content (AvgIpc) is 2.46. The van der Waals surface area contributed by atoms with Crippen molar-refractivity contribution in [2.45, 2.75) is 6.54 Å². The fourth-order valence-electron chi connectivity index (χ4n) is 1.83. The van der Waals surface area contributed by atoms with Crippen LogP contribution in [0.2, 0.25) is 0 Å². The van der Waals surface area contributed by atoms with Crippen molar-refractivity contribution < 1.29 is 9.18 Å². The number of hydrogen-bond acceptors (Lipinski definition) is 2. The summed E-state index contributed by atoms with van der Waals surface area (Å²) in [5.74, 6) is -0.519. The molecule has 0 spiro atoms. The molecule has 0 unspecified atom stereocenters. The van der Waals surface area contributed by atoms with Gasteiger partial charge < -0.3 is 10.2 Å². The molecule has 0 aliphatic rings. The number of anilines is 1. The topological polar surface area (TPSA) is 32.3 Å². The van der Waals surface area contributed by atoms with Gasteiger partial charge in [-0.25, -0.2) is 4.39 Å². The number of rotatable bonds is 4. The summed E-state index contributed by atoms with van der Waals surface area (Å²) in [6.45, 7) is 0.181. The molecule has 2 aromatic carbocycles. The molecular weight excluding hydrogens is 255 g/mol. The van der Waals surface area contributed by atoms with Crippen LogP contribution >= 0.6 is 0 Å². The van der Waals surface area contributed by atoms with Gasteiger partial charge in [0.1, 0.15) is 5.82 Å². The third-order valence-corrected chi connectivity index (χ3v) is 3.04. The number of benzene rings is 2. The summed E-state index contributed by atoms with van der Waals surface area (Å²) in [7, 11) is 3.88. The van der Waals surface area contributed by atoms with Gasteiger partial charge in [-0.2, -0.15) is 0 Å². The van der Waals surface area contributed by atoms with Gasteiger partial charge in [-0.1, -0.05) is 18.2 Å². The van der Waals surface area contributed by atoms with Crippen molar-refractivity contribution in [2.24, 2.45) is 0 Å². The van der Waals surface area contributed by atoms with E-state index in [1.54, 1.807) is 30.3 Å². The van der Waals surface area contributed by atoms with E-state index in [4.69, 9.17) is 0 Å². The molecule has 2 aromatic rings. The Labute approximate surface area is 118 Å². The lowest BCUT2D eigenvalue weighted by Gasteiger charge is -2.12. The zero-order chi connectivity index (χ0) is 14.5. The highest BCUT2D eigenvalue weighted by molar-refractivity contribution is 5.94. The maximum absolute atomic E-state index is 13.4. The van der Waals surface area contributed by atoms with Crippen LogP contribution in [0.5, 0.6) is 0 Å². The summed E-state index contributed by atoms with van der Waals surface area (Å²) in [6.07, 6.45) is 0. The molecule has 0 aliphatic carbocycles. The van der Waals surface area contributed by atoms with Crippen LogP contribution in [0.1, 0.15) is 15.9 Å². The Kier molecular flexibility index (Phi) is 4.35. The molecule has 0 radical (unpaired) electrons. The summed E-state index contributed by atoms with van der Waals surface area (Å²) < 4.78 is 13.4. The zero-order valence-corrected chi connectivity index (χ0v) is 11.6. The highest BCUT2D eigenvalue weighted by atomic mass is 19.1. The van der Waals surface area contributed by atoms with E-state index < -0.39 is 0 Å². The van der Waals surface area contributed by atoms with Gasteiger partial charge in [0.05, 0.1) is 0 Å². The summed E-state index contributed by atoms with van der Waals surface area (Å²) in [4.78, 5) is 13.9. The Balaban J connectivity index is 2.00. The first-order valence-electron chi connectivity index (χ1n) is 6.37. The van der Waals surface area contributed by atoms with E-state index in [1.807, 2.05) is 31.1 Å². The maximum atomic E-state index is 13.4. The summed E-state index contributed by atoms with van der Waals surface area (Å²) in [6, 6.07) is 13.7. The predicted octanol–water partition coefficient (Wildman–Crippen LogP) is 2.82. The van der Waals surface area contributed by atoms with E-state index in [9.17, 15) is 9.18 Å². The van der Waals surface area contributed by atoms with Gasteiger partial charge in [-0.15, -0.1) is 0 Å². The van der Waals surface area contributed by atoms with Crippen molar-refractivity contribution in [1.82, 2.24) is 5.32 Å². The van der Waals surface area contributed by atoms with Gasteiger partial charge in [0, 0.05) is 37.5 Å². The fraction of sp³-hybridized carbons (Fsp3) is 0.188. The molecule has 0 saturated carbocycles. The van der Waals surface area contributed by atoms with Gasteiger partial charge in [-0.3, -0.25) is 4.79 Å². The monoisotopic (exact) mass is 272 g/mol. The number of carbonyl (C=O) groups is 1. The van der Waals surface area contributed by atoms with Crippen molar-refractivity contribution in [1.29, 1.82) is 0 Å². The lowest BCUT2D eigenvalue weighted by atomic mass is 10.1. The molecule has 104 valence electrons. The molecule has 3 nitrogen and oxygen atoms in total. The molecule has 1 N–H and O–H groups in total. The second-order valence-electron chi connectivity index (χ2n) is 4.72. The lowest BCUT2D eigenvalue weighted by molar-refractivity contribution is 0.0950. The normalized spacial score (nSPS) is 10.2. The third-order valence-electron chi connectivity index (χ3n) is 3.04. The largest absolute Gasteiger partial charge is 0.378 e. The Morgan fingerprint density at radius 1 is 1.10 bits per heavy atom. The Morgan fingerprint density at radius 2 is 1.75 bits per heavy atom. The predicted molar refractivity (Wildman–Crippen MR) is 78.3 cm³/mol. The minimum Gasteiger partial charge on any atom is -0.378 e. The second kappa shape index (κ2) is 6.19. The van der Waals surface area contributed by atoms with E-state index in [0.29, 0.717) is 11.1 Å².